The van der Waals surface area contributed by atoms with E-state index < -0.39 is 0 Å². The van der Waals surface area contributed by atoms with Gasteiger partial charge in [-0.2, -0.15) is 0 Å². The van der Waals surface area contributed by atoms with Gasteiger partial charge in [0.15, 0.2) is 0 Å². The summed E-state index contributed by atoms with van der Waals surface area (Å²) in [4.78, 5) is 24.0. The first kappa shape index (κ1) is 16.5. The molecule has 1 atom stereocenters. The van der Waals surface area contributed by atoms with Gasteiger partial charge in [0, 0.05) is 31.1 Å². The Morgan fingerprint density at radius 1 is 1.08 bits per heavy atom. The van der Waals surface area contributed by atoms with E-state index in [1.807, 2.05) is 42.5 Å². The molecule has 24 heavy (non-hydrogen) atoms. The van der Waals surface area contributed by atoms with Gasteiger partial charge < -0.3 is 16.0 Å². The van der Waals surface area contributed by atoms with Crippen LogP contribution in [0, 0.1) is 0 Å². The molecular weight excluding hydrogens is 302 g/mol. The molecule has 0 bridgehead atoms. The Bertz CT molecular complexity index is 723. The van der Waals surface area contributed by atoms with E-state index in [-0.39, 0.29) is 11.8 Å². The van der Waals surface area contributed by atoms with E-state index in [1.54, 1.807) is 0 Å². The van der Waals surface area contributed by atoms with E-state index >= 15 is 0 Å². The minimum absolute atomic E-state index is 0.0255. The molecule has 1 unspecified atom stereocenters. The molecule has 1 aliphatic rings. The Balaban J connectivity index is 1.43. The molecule has 2 amide bonds. The van der Waals surface area contributed by atoms with Crippen molar-refractivity contribution in [1.82, 2.24) is 16.0 Å². The molecular formula is C19H23N3O2. The Kier molecular flexibility index (Phi) is 5.43. The summed E-state index contributed by atoms with van der Waals surface area (Å²) in [5.74, 6) is -0.173. The maximum Gasteiger partial charge on any atom is 0.251 e. The van der Waals surface area contributed by atoms with Crippen LogP contribution >= 0.6 is 0 Å². The van der Waals surface area contributed by atoms with Crippen molar-refractivity contribution in [1.29, 1.82) is 0 Å². The van der Waals surface area contributed by atoms with Crippen LogP contribution in [-0.4, -0.2) is 37.5 Å². The fourth-order valence-electron chi connectivity index (χ4n) is 2.98. The lowest BCUT2D eigenvalue weighted by Crippen LogP contribution is -2.38. The third-order valence-electron chi connectivity index (χ3n) is 4.36. The van der Waals surface area contributed by atoms with E-state index in [1.165, 1.54) is 6.42 Å². The monoisotopic (exact) mass is 325 g/mol. The van der Waals surface area contributed by atoms with Gasteiger partial charge in [0.25, 0.3) is 5.91 Å². The number of fused-ring (bicyclic) bond motifs is 1. The summed E-state index contributed by atoms with van der Waals surface area (Å²) in [5, 5.41) is 11.2. The van der Waals surface area contributed by atoms with E-state index in [0.29, 0.717) is 31.1 Å². The zero-order chi connectivity index (χ0) is 16.8. The molecule has 1 fully saturated rings. The number of nitrogens with one attached hydrogen (secondary N) is 3. The molecule has 3 N–H and O–H groups in total. The van der Waals surface area contributed by atoms with E-state index in [9.17, 15) is 9.59 Å². The number of hydrogen-bond donors (Lipinski definition) is 3. The van der Waals surface area contributed by atoms with Crippen molar-refractivity contribution in [2.45, 2.75) is 25.3 Å². The van der Waals surface area contributed by atoms with Crippen LogP contribution in [0.3, 0.4) is 0 Å². The zero-order valence-electron chi connectivity index (χ0n) is 13.7. The van der Waals surface area contributed by atoms with Crippen LogP contribution in [0.25, 0.3) is 10.8 Å². The van der Waals surface area contributed by atoms with Crippen molar-refractivity contribution in [3.05, 3.63) is 48.0 Å². The van der Waals surface area contributed by atoms with Crippen LogP contribution in [0.15, 0.2) is 42.5 Å². The molecule has 5 nitrogen and oxygen atoms in total. The zero-order valence-corrected chi connectivity index (χ0v) is 13.7. The lowest BCUT2D eigenvalue weighted by Gasteiger charge is -2.11. The molecule has 5 heteroatoms. The first-order chi connectivity index (χ1) is 11.7. The molecule has 0 radical (unpaired) electrons. The van der Waals surface area contributed by atoms with Crippen LogP contribution in [-0.2, 0) is 4.79 Å². The van der Waals surface area contributed by atoms with Crippen molar-refractivity contribution in [3.8, 4) is 0 Å². The number of amides is 2. The second kappa shape index (κ2) is 7.93. The Morgan fingerprint density at radius 2 is 1.92 bits per heavy atom. The second-order valence-corrected chi connectivity index (χ2v) is 6.17. The first-order valence-electron chi connectivity index (χ1n) is 8.49. The SMILES string of the molecule is O=C(CCNC(=O)c1ccc2ccccc2c1)NCC1CCCN1. The van der Waals surface area contributed by atoms with Gasteiger partial charge in [-0.05, 0) is 42.3 Å². The van der Waals surface area contributed by atoms with Crippen LogP contribution in [0.1, 0.15) is 29.6 Å². The second-order valence-electron chi connectivity index (χ2n) is 6.17. The maximum atomic E-state index is 12.2. The van der Waals surface area contributed by atoms with Gasteiger partial charge in [-0.25, -0.2) is 0 Å². The van der Waals surface area contributed by atoms with E-state index in [4.69, 9.17) is 0 Å². The number of hydrogen-bond acceptors (Lipinski definition) is 3. The highest BCUT2D eigenvalue weighted by Gasteiger charge is 2.14. The molecule has 0 spiro atoms. The van der Waals surface area contributed by atoms with Gasteiger partial charge in [-0.3, -0.25) is 9.59 Å². The average Bonchev–Trinajstić information content (AvgIpc) is 3.13. The third kappa shape index (κ3) is 4.32. The molecule has 2 aromatic rings. The Hall–Kier alpha value is -2.40. The lowest BCUT2D eigenvalue weighted by molar-refractivity contribution is -0.121. The van der Waals surface area contributed by atoms with Crippen molar-refractivity contribution in [2.24, 2.45) is 0 Å². The number of carbonyl (C=O) groups is 2. The highest BCUT2D eigenvalue weighted by atomic mass is 16.2. The maximum absolute atomic E-state index is 12.2. The van der Waals surface area contributed by atoms with Gasteiger partial charge >= 0.3 is 0 Å². The normalized spacial score (nSPS) is 16.9. The van der Waals surface area contributed by atoms with Crippen molar-refractivity contribution in [2.75, 3.05) is 19.6 Å². The topological polar surface area (TPSA) is 70.2 Å². The number of carbonyl (C=O) groups excluding carboxylic acids is 2. The van der Waals surface area contributed by atoms with Gasteiger partial charge in [0.05, 0.1) is 0 Å². The van der Waals surface area contributed by atoms with Gasteiger partial charge in [0.2, 0.25) is 5.91 Å². The molecule has 2 aromatic carbocycles. The fourth-order valence-corrected chi connectivity index (χ4v) is 2.98. The Labute approximate surface area is 141 Å². The molecule has 0 saturated carbocycles. The summed E-state index contributed by atoms with van der Waals surface area (Å²) in [6, 6.07) is 13.9. The standard InChI is InChI=1S/C19H23N3O2/c23-18(22-13-17-6-3-10-20-17)9-11-21-19(24)16-8-7-14-4-1-2-5-15(14)12-16/h1-2,4-5,7-8,12,17,20H,3,6,9-11,13H2,(H,21,24)(H,22,23). The van der Waals surface area contributed by atoms with Crippen LogP contribution < -0.4 is 16.0 Å². The van der Waals surface area contributed by atoms with Crippen molar-refractivity contribution < 1.29 is 9.59 Å². The van der Waals surface area contributed by atoms with Crippen LogP contribution in [0.5, 0.6) is 0 Å². The molecule has 1 heterocycles. The van der Waals surface area contributed by atoms with Crippen molar-refractivity contribution in [3.63, 3.8) is 0 Å². The third-order valence-corrected chi connectivity index (χ3v) is 4.36. The molecule has 0 aliphatic carbocycles. The molecule has 1 aliphatic heterocycles. The van der Waals surface area contributed by atoms with E-state index in [2.05, 4.69) is 16.0 Å². The Morgan fingerprint density at radius 3 is 2.71 bits per heavy atom. The largest absolute Gasteiger partial charge is 0.354 e. The minimum atomic E-state index is -0.147. The number of rotatable bonds is 6. The average molecular weight is 325 g/mol. The molecule has 3 rings (SSSR count). The summed E-state index contributed by atoms with van der Waals surface area (Å²) in [6.45, 7) is 2.04. The highest BCUT2D eigenvalue weighted by molar-refractivity contribution is 5.98. The fraction of sp³-hybridized carbons (Fsp3) is 0.368. The lowest BCUT2D eigenvalue weighted by atomic mass is 10.1. The van der Waals surface area contributed by atoms with Crippen LogP contribution in [0.4, 0.5) is 0 Å². The highest BCUT2D eigenvalue weighted by Crippen LogP contribution is 2.15. The van der Waals surface area contributed by atoms with Gasteiger partial charge in [0.1, 0.15) is 0 Å². The van der Waals surface area contributed by atoms with Gasteiger partial charge in [-0.15, -0.1) is 0 Å². The minimum Gasteiger partial charge on any atom is -0.354 e. The summed E-state index contributed by atoms with van der Waals surface area (Å²) in [5.41, 5.74) is 0.615. The quantitative estimate of drug-likeness (QED) is 0.759. The first-order valence-corrected chi connectivity index (χ1v) is 8.49. The predicted molar refractivity (Wildman–Crippen MR) is 94.9 cm³/mol. The summed E-state index contributed by atoms with van der Waals surface area (Å²) in [6.07, 6.45) is 2.58. The summed E-state index contributed by atoms with van der Waals surface area (Å²) >= 11 is 0. The van der Waals surface area contributed by atoms with Crippen molar-refractivity contribution >= 4 is 22.6 Å². The molecule has 1 saturated heterocycles. The van der Waals surface area contributed by atoms with Gasteiger partial charge in [-0.1, -0.05) is 30.3 Å². The smallest absolute Gasteiger partial charge is 0.251 e. The number of benzene rings is 2. The molecule has 126 valence electrons. The summed E-state index contributed by atoms with van der Waals surface area (Å²) < 4.78 is 0. The summed E-state index contributed by atoms with van der Waals surface area (Å²) in [7, 11) is 0. The molecule has 0 aromatic heterocycles. The van der Waals surface area contributed by atoms with E-state index in [0.717, 1.165) is 23.7 Å². The predicted octanol–water partition coefficient (Wildman–Crippen LogP) is 1.83. The van der Waals surface area contributed by atoms with Crippen LogP contribution in [0.2, 0.25) is 0 Å².